The van der Waals surface area contributed by atoms with E-state index in [0.717, 1.165) is 48.2 Å². The SMILES string of the molecule is CC(C)c1ccc(S(=O)(=O)n2cc([C@@H](C)N3CCN(C)CC3)c3ccccc32)cc1. The lowest BCUT2D eigenvalue weighted by Crippen LogP contribution is -2.45. The molecule has 0 amide bonds. The number of aromatic nitrogens is 1. The summed E-state index contributed by atoms with van der Waals surface area (Å²) in [6.45, 7) is 10.4. The van der Waals surface area contributed by atoms with E-state index in [-0.39, 0.29) is 6.04 Å². The number of likely N-dealkylation sites (N-methyl/N-ethyl adjacent to an activating group) is 1. The summed E-state index contributed by atoms with van der Waals surface area (Å²) in [4.78, 5) is 5.10. The van der Waals surface area contributed by atoms with Gasteiger partial charge < -0.3 is 4.90 Å². The molecule has 0 spiro atoms. The average molecular weight is 426 g/mol. The van der Waals surface area contributed by atoms with Gasteiger partial charge in [0.05, 0.1) is 10.4 Å². The topological polar surface area (TPSA) is 45.6 Å². The number of hydrogen-bond acceptors (Lipinski definition) is 4. The highest BCUT2D eigenvalue weighted by Gasteiger charge is 2.26. The summed E-state index contributed by atoms with van der Waals surface area (Å²) in [6, 6.07) is 15.3. The average Bonchev–Trinajstić information content (AvgIpc) is 3.14. The van der Waals surface area contributed by atoms with E-state index in [1.807, 2.05) is 42.6 Å². The van der Waals surface area contributed by atoms with Crippen LogP contribution >= 0.6 is 0 Å². The van der Waals surface area contributed by atoms with Crippen LogP contribution in [0.3, 0.4) is 0 Å². The molecule has 5 nitrogen and oxygen atoms in total. The van der Waals surface area contributed by atoms with E-state index in [1.54, 1.807) is 12.1 Å². The minimum Gasteiger partial charge on any atom is -0.304 e. The summed E-state index contributed by atoms with van der Waals surface area (Å²) in [6.07, 6.45) is 1.83. The number of fused-ring (bicyclic) bond motifs is 1. The smallest absolute Gasteiger partial charge is 0.268 e. The Morgan fingerprint density at radius 3 is 2.13 bits per heavy atom. The molecule has 4 rings (SSSR count). The minimum absolute atomic E-state index is 0.156. The standard InChI is InChI=1S/C24H31N3O2S/c1-18(2)20-9-11-21(12-10-20)30(28,29)27-17-23(22-7-5-6-8-24(22)27)19(3)26-15-13-25(4)14-16-26/h5-12,17-19H,13-16H2,1-4H3/t19-/m1/s1. The summed E-state index contributed by atoms with van der Waals surface area (Å²) in [5, 5.41) is 1.01. The quantitative estimate of drug-likeness (QED) is 0.611. The van der Waals surface area contributed by atoms with Crippen molar-refractivity contribution in [1.29, 1.82) is 0 Å². The maximum Gasteiger partial charge on any atom is 0.268 e. The van der Waals surface area contributed by atoms with E-state index in [0.29, 0.717) is 10.8 Å². The second kappa shape index (κ2) is 8.17. The van der Waals surface area contributed by atoms with Gasteiger partial charge in [-0.25, -0.2) is 12.4 Å². The van der Waals surface area contributed by atoms with Crippen molar-refractivity contribution in [2.45, 2.75) is 37.6 Å². The highest BCUT2D eigenvalue weighted by molar-refractivity contribution is 7.90. The minimum atomic E-state index is -3.67. The van der Waals surface area contributed by atoms with Gasteiger partial charge in [0.1, 0.15) is 0 Å². The molecule has 0 N–H and O–H groups in total. The first-order valence-electron chi connectivity index (χ1n) is 10.7. The largest absolute Gasteiger partial charge is 0.304 e. The van der Waals surface area contributed by atoms with Crippen molar-refractivity contribution in [1.82, 2.24) is 13.8 Å². The second-order valence-corrected chi connectivity index (χ2v) is 10.5. The third kappa shape index (κ3) is 3.80. The van der Waals surface area contributed by atoms with E-state index < -0.39 is 10.0 Å². The van der Waals surface area contributed by atoms with Crippen LogP contribution in [0, 0.1) is 0 Å². The predicted octanol–water partition coefficient (Wildman–Crippen LogP) is 4.31. The lowest BCUT2D eigenvalue weighted by Gasteiger charge is -2.36. The van der Waals surface area contributed by atoms with E-state index >= 15 is 0 Å². The van der Waals surface area contributed by atoms with Gasteiger partial charge in [0.15, 0.2) is 0 Å². The predicted molar refractivity (Wildman–Crippen MR) is 123 cm³/mol. The van der Waals surface area contributed by atoms with E-state index in [9.17, 15) is 8.42 Å². The molecule has 2 heterocycles. The molecular weight excluding hydrogens is 394 g/mol. The fraction of sp³-hybridized carbons (Fsp3) is 0.417. The molecule has 3 aromatic rings. The Balaban J connectivity index is 1.76. The van der Waals surface area contributed by atoms with Gasteiger partial charge in [-0.2, -0.15) is 0 Å². The van der Waals surface area contributed by atoms with Crippen LogP contribution in [0.15, 0.2) is 59.6 Å². The summed E-state index contributed by atoms with van der Waals surface area (Å²) >= 11 is 0. The highest BCUT2D eigenvalue weighted by Crippen LogP contribution is 2.33. The molecule has 30 heavy (non-hydrogen) atoms. The Bertz CT molecular complexity index is 1120. The Morgan fingerprint density at radius 2 is 1.50 bits per heavy atom. The fourth-order valence-corrected chi connectivity index (χ4v) is 5.63. The van der Waals surface area contributed by atoms with Gasteiger partial charge >= 0.3 is 0 Å². The van der Waals surface area contributed by atoms with Gasteiger partial charge in [0, 0.05) is 43.8 Å². The van der Waals surface area contributed by atoms with Crippen LogP contribution in [-0.2, 0) is 10.0 Å². The maximum absolute atomic E-state index is 13.5. The van der Waals surface area contributed by atoms with Crippen LogP contribution in [-0.4, -0.2) is 55.4 Å². The van der Waals surface area contributed by atoms with Crippen molar-refractivity contribution in [3.8, 4) is 0 Å². The number of para-hydroxylation sites is 1. The summed E-state index contributed by atoms with van der Waals surface area (Å²) in [7, 11) is -1.53. The molecule has 1 aromatic heterocycles. The number of piperazine rings is 1. The van der Waals surface area contributed by atoms with Crippen molar-refractivity contribution in [3.63, 3.8) is 0 Å². The molecule has 1 saturated heterocycles. The number of benzene rings is 2. The van der Waals surface area contributed by atoms with Crippen molar-refractivity contribution in [2.75, 3.05) is 33.2 Å². The second-order valence-electron chi connectivity index (χ2n) is 8.64. The first-order chi connectivity index (χ1) is 14.3. The van der Waals surface area contributed by atoms with Gasteiger partial charge in [0.2, 0.25) is 0 Å². The third-order valence-corrected chi connectivity index (χ3v) is 8.04. The molecule has 0 bridgehead atoms. The summed E-state index contributed by atoms with van der Waals surface area (Å²) in [5.74, 6) is 0.366. The Hall–Kier alpha value is -2.15. The molecule has 1 atom stereocenters. The van der Waals surface area contributed by atoms with Crippen LogP contribution in [0.5, 0.6) is 0 Å². The first kappa shape index (κ1) is 21.1. The zero-order valence-corrected chi connectivity index (χ0v) is 19.1. The zero-order valence-electron chi connectivity index (χ0n) is 18.2. The summed E-state index contributed by atoms with van der Waals surface area (Å²) in [5.41, 5.74) is 2.94. The first-order valence-corrected chi connectivity index (χ1v) is 12.1. The normalized spacial score (nSPS) is 17.6. The van der Waals surface area contributed by atoms with E-state index in [4.69, 9.17) is 0 Å². The Labute approximate surface area is 180 Å². The van der Waals surface area contributed by atoms with Crippen LogP contribution in [0.25, 0.3) is 10.9 Å². The molecule has 0 saturated carbocycles. The van der Waals surface area contributed by atoms with Crippen LogP contribution in [0.4, 0.5) is 0 Å². The zero-order chi connectivity index (χ0) is 21.5. The number of rotatable bonds is 5. The van der Waals surface area contributed by atoms with Gasteiger partial charge in [0.25, 0.3) is 10.0 Å². The fourth-order valence-electron chi connectivity index (χ4n) is 4.25. The third-order valence-electron chi connectivity index (χ3n) is 6.35. The van der Waals surface area contributed by atoms with Crippen LogP contribution in [0.1, 0.15) is 43.9 Å². The van der Waals surface area contributed by atoms with Crippen LogP contribution in [0.2, 0.25) is 0 Å². The molecule has 0 aliphatic carbocycles. The number of nitrogens with zero attached hydrogens (tertiary/aromatic N) is 3. The number of hydrogen-bond donors (Lipinski definition) is 0. The maximum atomic E-state index is 13.5. The van der Waals surface area contributed by atoms with Gasteiger partial charge in [-0.1, -0.05) is 44.2 Å². The summed E-state index contributed by atoms with van der Waals surface area (Å²) < 4.78 is 28.5. The molecule has 1 fully saturated rings. The van der Waals surface area contributed by atoms with Crippen molar-refractivity contribution < 1.29 is 8.42 Å². The molecular formula is C24H31N3O2S. The van der Waals surface area contributed by atoms with Crippen molar-refractivity contribution in [3.05, 3.63) is 65.9 Å². The van der Waals surface area contributed by atoms with Crippen LogP contribution < -0.4 is 0 Å². The Morgan fingerprint density at radius 1 is 0.867 bits per heavy atom. The lowest BCUT2D eigenvalue weighted by atomic mass is 10.0. The molecule has 160 valence electrons. The Kier molecular flexibility index (Phi) is 5.75. The van der Waals surface area contributed by atoms with Gasteiger partial charge in [-0.15, -0.1) is 0 Å². The lowest BCUT2D eigenvalue weighted by molar-refractivity contribution is 0.119. The highest BCUT2D eigenvalue weighted by atomic mass is 32.2. The molecule has 2 aromatic carbocycles. The molecule has 1 aliphatic rings. The molecule has 0 radical (unpaired) electrons. The van der Waals surface area contributed by atoms with Gasteiger partial charge in [-0.3, -0.25) is 4.90 Å². The van der Waals surface area contributed by atoms with Gasteiger partial charge in [-0.05, 0) is 49.2 Å². The molecule has 0 unspecified atom stereocenters. The van der Waals surface area contributed by atoms with E-state index in [2.05, 4.69) is 37.6 Å². The molecule has 6 heteroatoms. The van der Waals surface area contributed by atoms with Crippen molar-refractivity contribution >= 4 is 20.9 Å². The molecule has 1 aliphatic heterocycles. The van der Waals surface area contributed by atoms with Crippen molar-refractivity contribution in [2.24, 2.45) is 0 Å². The monoisotopic (exact) mass is 425 g/mol. The van der Waals surface area contributed by atoms with E-state index in [1.165, 1.54) is 3.97 Å².